The molecule has 1 N–H and O–H groups in total. The average Bonchev–Trinajstić information content (AvgIpc) is 2.50. The number of halogens is 2. The predicted octanol–water partition coefficient (Wildman–Crippen LogP) is 3.22. The standard InChI is InChI=1S/C16H15ClFNO2/c17-14-10-12(6-7-15(14)18)8-9-19-16(20)11-21-13-4-2-1-3-5-13/h1-7,10H,8-9,11H2,(H,19,20). The largest absolute Gasteiger partial charge is 0.484 e. The number of carbonyl (C=O) groups excluding carboxylic acids is 1. The van der Waals surface area contributed by atoms with E-state index in [1.165, 1.54) is 6.07 Å². The van der Waals surface area contributed by atoms with Gasteiger partial charge in [-0.05, 0) is 36.2 Å². The average molecular weight is 308 g/mol. The number of hydrogen-bond donors (Lipinski definition) is 1. The van der Waals surface area contributed by atoms with Gasteiger partial charge in [-0.2, -0.15) is 0 Å². The van der Waals surface area contributed by atoms with Crippen LogP contribution >= 0.6 is 11.6 Å². The molecule has 0 unspecified atom stereocenters. The van der Waals surface area contributed by atoms with E-state index in [0.717, 1.165) is 5.56 Å². The highest BCUT2D eigenvalue weighted by atomic mass is 35.5. The maximum atomic E-state index is 13.0. The monoisotopic (exact) mass is 307 g/mol. The lowest BCUT2D eigenvalue weighted by Crippen LogP contribution is -2.30. The minimum atomic E-state index is -0.444. The lowest BCUT2D eigenvalue weighted by Gasteiger charge is -2.07. The smallest absolute Gasteiger partial charge is 0.257 e. The molecule has 0 atom stereocenters. The number of benzene rings is 2. The third-order valence-corrected chi connectivity index (χ3v) is 3.12. The molecule has 2 aromatic carbocycles. The number of carbonyl (C=O) groups is 1. The summed E-state index contributed by atoms with van der Waals surface area (Å²) in [5.41, 5.74) is 0.866. The van der Waals surface area contributed by atoms with Gasteiger partial charge < -0.3 is 10.1 Å². The topological polar surface area (TPSA) is 38.3 Å². The van der Waals surface area contributed by atoms with Crippen molar-refractivity contribution in [3.05, 3.63) is 64.9 Å². The maximum Gasteiger partial charge on any atom is 0.257 e. The van der Waals surface area contributed by atoms with Crippen LogP contribution in [0.5, 0.6) is 5.75 Å². The van der Waals surface area contributed by atoms with Crippen molar-refractivity contribution in [2.45, 2.75) is 6.42 Å². The molecular formula is C16H15ClFNO2. The van der Waals surface area contributed by atoms with Crippen molar-refractivity contribution in [1.82, 2.24) is 5.32 Å². The van der Waals surface area contributed by atoms with E-state index in [9.17, 15) is 9.18 Å². The molecule has 2 aromatic rings. The molecule has 0 saturated carbocycles. The Morgan fingerprint density at radius 3 is 2.67 bits per heavy atom. The molecule has 0 bridgehead atoms. The molecule has 0 aliphatic rings. The van der Waals surface area contributed by atoms with E-state index in [1.807, 2.05) is 18.2 Å². The van der Waals surface area contributed by atoms with Crippen molar-refractivity contribution in [2.24, 2.45) is 0 Å². The Bertz CT molecular complexity index is 604. The summed E-state index contributed by atoms with van der Waals surface area (Å²) in [6.07, 6.45) is 0.580. The number of nitrogens with one attached hydrogen (secondary N) is 1. The van der Waals surface area contributed by atoms with Crippen LogP contribution in [0.1, 0.15) is 5.56 Å². The van der Waals surface area contributed by atoms with Crippen molar-refractivity contribution in [3.63, 3.8) is 0 Å². The Kier molecular flexibility index (Phi) is 5.58. The molecule has 3 nitrogen and oxygen atoms in total. The van der Waals surface area contributed by atoms with Crippen LogP contribution in [0.15, 0.2) is 48.5 Å². The Labute approximate surface area is 127 Å². The highest BCUT2D eigenvalue weighted by Crippen LogP contribution is 2.16. The summed E-state index contributed by atoms with van der Waals surface area (Å²) in [5, 5.41) is 2.82. The molecule has 0 saturated heterocycles. The Morgan fingerprint density at radius 1 is 1.19 bits per heavy atom. The van der Waals surface area contributed by atoms with Crippen LogP contribution in [0.3, 0.4) is 0 Å². The van der Waals surface area contributed by atoms with Crippen LogP contribution in [-0.2, 0) is 11.2 Å². The lowest BCUT2D eigenvalue weighted by atomic mass is 10.1. The van der Waals surface area contributed by atoms with E-state index in [4.69, 9.17) is 16.3 Å². The molecule has 5 heteroatoms. The maximum absolute atomic E-state index is 13.0. The second-order valence-corrected chi connectivity index (χ2v) is 4.86. The second kappa shape index (κ2) is 7.64. The molecule has 0 aliphatic carbocycles. The van der Waals surface area contributed by atoms with Crippen molar-refractivity contribution < 1.29 is 13.9 Å². The first-order chi connectivity index (χ1) is 10.1. The molecule has 1 amide bonds. The summed E-state index contributed by atoms with van der Waals surface area (Å²) in [6, 6.07) is 13.6. The summed E-state index contributed by atoms with van der Waals surface area (Å²) >= 11 is 5.69. The van der Waals surface area contributed by atoms with Crippen LogP contribution in [0.25, 0.3) is 0 Å². The van der Waals surface area contributed by atoms with Gasteiger partial charge in [0.1, 0.15) is 11.6 Å². The van der Waals surface area contributed by atoms with Gasteiger partial charge in [0.2, 0.25) is 0 Å². The fourth-order valence-electron chi connectivity index (χ4n) is 1.76. The van der Waals surface area contributed by atoms with Crippen LogP contribution in [-0.4, -0.2) is 19.1 Å². The third-order valence-electron chi connectivity index (χ3n) is 2.83. The lowest BCUT2D eigenvalue weighted by molar-refractivity contribution is -0.123. The summed E-state index contributed by atoms with van der Waals surface area (Å²) in [7, 11) is 0. The zero-order valence-corrected chi connectivity index (χ0v) is 12.1. The molecule has 110 valence electrons. The third kappa shape index (κ3) is 5.08. The van der Waals surface area contributed by atoms with Crippen LogP contribution in [0.4, 0.5) is 4.39 Å². The molecule has 0 heterocycles. The minimum Gasteiger partial charge on any atom is -0.484 e. The first-order valence-corrected chi connectivity index (χ1v) is 6.91. The van der Waals surface area contributed by atoms with Gasteiger partial charge in [0.25, 0.3) is 5.91 Å². The Hall–Kier alpha value is -2.07. The van der Waals surface area contributed by atoms with Gasteiger partial charge in [-0.25, -0.2) is 4.39 Å². The van der Waals surface area contributed by atoms with Crippen molar-refractivity contribution >= 4 is 17.5 Å². The quantitative estimate of drug-likeness (QED) is 0.890. The van der Waals surface area contributed by atoms with Gasteiger partial charge in [-0.15, -0.1) is 0 Å². The fraction of sp³-hybridized carbons (Fsp3) is 0.188. The van der Waals surface area contributed by atoms with Crippen LogP contribution in [0.2, 0.25) is 5.02 Å². The first kappa shape index (κ1) is 15.3. The van der Waals surface area contributed by atoms with E-state index in [0.29, 0.717) is 18.7 Å². The number of ether oxygens (including phenoxy) is 1. The molecule has 0 aliphatic heterocycles. The van der Waals surface area contributed by atoms with Gasteiger partial charge in [-0.1, -0.05) is 35.9 Å². The molecule has 0 spiro atoms. The minimum absolute atomic E-state index is 0.0335. The van der Waals surface area contributed by atoms with Crippen LogP contribution in [0, 0.1) is 5.82 Å². The highest BCUT2D eigenvalue weighted by molar-refractivity contribution is 6.30. The SMILES string of the molecule is O=C(COc1ccccc1)NCCc1ccc(F)c(Cl)c1. The molecule has 0 fully saturated rings. The van der Waals surface area contributed by atoms with Gasteiger partial charge in [0.15, 0.2) is 6.61 Å². The van der Waals surface area contributed by atoms with E-state index in [-0.39, 0.29) is 17.5 Å². The first-order valence-electron chi connectivity index (χ1n) is 6.53. The predicted molar refractivity (Wildman–Crippen MR) is 80.1 cm³/mol. The van der Waals surface area contributed by atoms with Crippen molar-refractivity contribution in [1.29, 1.82) is 0 Å². The van der Waals surface area contributed by atoms with Gasteiger partial charge in [0, 0.05) is 6.54 Å². The van der Waals surface area contributed by atoms with E-state index < -0.39 is 5.82 Å². The summed E-state index contributed by atoms with van der Waals surface area (Å²) < 4.78 is 18.3. The van der Waals surface area contributed by atoms with Gasteiger partial charge >= 0.3 is 0 Å². The van der Waals surface area contributed by atoms with Crippen LogP contribution < -0.4 is 10.1 Å². The summed E-state index contributed by atoms with van der Waals surface area (Å²) in [4.78, 5) is 11.6. The Balaban J connectivity index is 1.70. The molecular weight excluding hydrogens is 293 g/mol. The number of hydrogen-bond acceptors (Lipinski definition) is 2. The second-order valence-electron chi connectivity index (χ2n) is 4.45. The zero-order valence-electron chi connectivity index (χ0n) is 11.3. The van der Waals surface area contributed by atoms with Crippen molar-refractivity contribution in [3.8, 4) is 5.75 Å². The van der Waals surface area contributed by atoms with Crippen molar-refractivity contribution in [2.75, 3.05) is 13.2 Å². The molecule has 21 heavy (non-hydrogen) atoms. The van der Waals surface area contributed by atoms with E-state index in [1.54, 1.807) is 24.3 Å². The number of para-hydroxylation sites is 1. The summed E-state index contributed by atoms with van der Waals surface area (Å²) in [5.74, 6) is 0.00532. The number of amides is 1. The Morgan fingerprint density at radius 2 is 1.95 bits per heavy atom. The van der Waals surface area contributed by atoms with E-state index >= 15 is 0 Å². The normalized spacial score (nSPS) is 10.2. The summed E-state index contributed by atoms with van der Waals surface area (Å²) in [6.45, 7) is 0.410. The zero-order chi connectivity index (χ0) is 15.1. The molecule has 0 aromatic heterocycles. The highest BCUT2D eigenvalue weighted by Gasteiger charge is 2.04. The van der Waals surface area contributed by atoms with Gasteiger partial charge in [-0.3, -0.25) is 4.79 Å². The molecule has 2 rings (SSSR count). The van der Waals surface area contributed by atoms with Gasteiger partial charge in [0.05, 0.1) is 5.02 Å². The fourth-order valence-corrected chi connectivity index (χ4v) is 1.96. The molecule has 0 radical (unpaired) electrons. The van der Waals surface area contributed by atoms with E-state index in [2.05, 4.69) is 5.32 Å². The number of rotatable bonds is 6.